The first-order chi connectivity index (χ1) is 9.49. The lowest BCUT2D eigenvalue weighted by Crippen LogP contribution is -2.42. The molecule has 1 heterocycles. The van der Waals surface area contributed by atoms with Gasteiger partial charge >= 0.3 is 5.97 Å². The Hall–Kier alpha value is -2.37. The molecule has 1 aromatic carbocycles. The van der Waals surface area contributed by atoms with Crippen molar-refractivity contribution in [1.29, 1.82) is 0 Å². The highest BCUT2D eigenvalue weighted by molar-refractivity contribution is 5.99. The van der Waals surface area contributed by atoms with Gasteiger partial charge in [0.15, 0.2) is 0 Å². The van der Waals surface area contributed by atoms with E-state index in [1.165, 1.54) is 17.0 Å². The molecule has 0 unspecified atom stereocenters. The minimum absolute atomic E-state index is 0.203. The highest BCUT2D eigenvalue weighted by atomic mass is 16.4. The largest absolute Gasteiger partial charge is 0.481 e. The van der Waals surface area contributed by atoms with Gasteiger partial charge in [-0.2, -0.15) is 0 Å². The highest BCUT2D eigenvalue weighted by Gasteiger charge is 2.28. The molecule has 0 aromatic heterocycles. The highest BCUT2D eigenvalue weighted by Crippen LogP contribution is 2.19. The Morgan fingerprint density at radius 1 is 1.25 bits per heavy atom. The summed E-state index contributed by atoms with van der Waals surface area (Å²) >= 11 is 0. The van der Waals surface area contributed by atoms with Crippen LogP contribution < -0.4 is 5.73 Å². The number of benzene rings is 1. The summed E-state index contributed by atoms with van der Waals surface area (Å²) in [5.74, 6) is -2.26. The van der Waals surface area contributed by atoms with Gasteiger partial charge in [-0.15, -0.1) is 0 Å². The molecule has 1 aliphatic rings. The standard InChI is InChI=1S/C14H16N2O4/c15-12(17)9-3-1-4-10(7-9)13(18)16-6-2-5-11(8-16)14(19)20/h1,3-4,7,11H,2,5-6,8H2,(H2,15,17)(H,19,20)/t11-/m0/s1. The molecule has 106 valence electrons. The summed E-state index contributed by atoms with van der Waals surface area (Å²) in [4.78, 5) is 36.0. The van der Waals surface area contributed by atoms with E-state index in [9.17, 15) is 14.4 Å². The predicted octanol–water partition coefficient (Wildman–Crippen LogP) is 0.722. The van der Waals surface area contributed by atoms with Crippen molar-refractivity contribution in [2.75, 3.05) is 13.1 Å². The smallest absolute Gasteiger partial charge is 0.308 e. The second-order valence-corrected chi connectivity index (χ2v) is 4.87. The number of carbonyl (C=O) groups is 3. The zero-order valence-electron chi connectivity index (χ0n) is 10.9. The van der Waals surface area contributed by atoms with Crippen molar-refractivity contribution in [3.63, 3.8) is 0 Å². The molecule has 1 atom stereocenters. The van der Waals surface area contributed by atoms with Gasteiger partial charge in [0, 0.05) is 24.2 Å². The molecule has 1 saturated heterocycles. The van der Waals surface area contributed by atoms with Crippen LogP contribution in [-0.2, 0) is 4.79 Å². The maximum atomic E-state index is 12.3. The topological polar surface area (TPSA) is 101 Å². The molecule has 20 heavy (non-hydrogen) atoms. The van der Waals surface area contributed by atoms with E-state index >= 15 is 0 Å². The second kappa shape index (κ2) is 5.73. The number of amides is 2. The molecule has 6 nitrogen and oxygen atoms in total. The van der Waals surface area contributed by atoms with Crippen molar-refractivity contribution in [3.8, 4) is 0 Å². The molecule has 1 aromatic rings. The molecule has 6 heteroatoms. The van der Waals surface area contributed by atoms with Crippen LogP contribution in [-0.4, -0.2) is 40.9 Å². The molecular weight excluding hydrogens is 260 g/mol. The minimum atomic E-state index is -0.881. The summed E-state index contributed by atoms with van der Waals surface area (Å²) in [7, 11) is 0. The van der Waals surface area contributed by atoms with E-state index in [0.717, 1.165) is 0 Å². The van der Waals surface area contributed by atoms with E-state index in [0.29, 0.717) is 24.9 Å². The fourth-order valence-corrected chi connectivity index (χ4v) is 2.35. The number of piperidine rings is 1. The van der Waals surface area contributed by atoms with Crippen LogP contribution in [0.15, 0.2) is 24.3 Å². The van der Waals surface area contributed by atoms with Gasteiger partial charge in [0.1, 0.15) is 0 Å². The lowest BCUT2D eigenvalue weighted by molar-refractivity contribution is -0.143. The molecule has 1 aliphatic heterocycles. The minimum Gasteiger partial charge on any atom is -0.481 e. The average molecular weight is 276 g/mol. The number of carboxylic acids is 1. The van der Waals surface area contributed by atoms with Crippen LogP contribution in [0.3, 0.4) is 0 Å². The third-order valence-corrected chi connectivity index (χ3v) is 3.45. The molecular formula is C14H16N2O4. The number of primary amides is 1. The molecule has 2 amide bonds. The Morgan fingerprint density at radius 3 is 2.60 bits per heavy atom. The van der Waals surface area contributed by atoms with Crippen LogP contribution >= 0.6 is 0 Å². The molecule has 1 fully saturated rings. The Labute approximate surface area is 116 Å². The van der Waals surface area contributed by atoms with Crippen LogP contribution in [0.4, 0.5) is 0 Å². The first-order valence-electron chi connectivity index (χ1n) is 6.41. The number of carboxylic acid groups (broad SMARTS) is 1. The maximum Gasteiger partial charge on any atom is 0.308 e. The van der Waals surface area contributed by atoms with Gasteiger partial charge < -0.3 is 15.7 Å². The first kappa shape index (κ1) is 14.0. The van der Waals surface area contributed by atoms with Gasteiger partial charge in [0.25, 0.3) is 5.91 Å². The van der Waals surface area contributed by atoms with Crippen LogP contribution in [0.5, 0.6) is 0 Å². The van der Waals surface area contributed by atoms with Crippen molar-refractivity contribution >= 4 is 17.8 Å². The predicted molar refractivity (Wildman–Crippen MR) is 71.2 cm³/mol. The molecule has 2 rings (SSSR count). The quantitative estimate of drug-likeness (QED) is 0.849. The maximum absolute atomic E-state index is 12.3. The van der Waals surface area contributed by atoms with Crippen LogP contribution in [0, 0.1) is 5.92 Å². The number of nitrogens with zero attached hydrogens (tertiary/aromatic N) is 1. The molecule has 3 N–H and O–H groups in total. The normalized spacial score (nSPS) is 18.6. The van der Waals surface area contributed by atoms with Crippen molar-refractivity contribution in [2.45, 2.75) is 12.8 Å². The van der Waals surface area contributed by atoms with Crippen molar-refractivity contribution in [3.05, 3.63) is 35.4 Å². The van der Waals surface area contributed by atoms with E-state index in [2.05, 4.69) is 0 Å². The summed E-state index contributed by atoms with van der Waals surface area (Å²) in [5.41, 5.74) is 5.80. The van der Waals surface area contributed by atoms with Gasteiger partial charge in [-0.25, -0.2) is 0 Å². The third-order valence-electron chi connectivity index (χ3n) is 3.45. The van der Waals surface area contributed by atoms with Crippen LogP contribution in [0.1, 0.15) is 33.6 Å². The van der Waals surface area contributed by atoms with E-state index in [1.54, 1.807) is 12.1 Å². The molecule has 0 radical (unpaired) electrons. The van der Waals surface area contributed by atoms with Gasteiger partial charge in [0.2, 0.25) is 5.91 Å². The summed E-state index contributed by atoms with van der Waals surface area (Å²) in [5, 5.41) is 9.03. The monoisotopic (exact) mass is 276 g/mol. The fourth-order valence-electron chi connectivity index (χ4n) is 2.35. The average Bonchev–Trinajstić information content (AvgIpc) is 2.46. The molecule has 0 saturated carbocycles. The summed E-state index contributed by atoms with van der Waals surface area (Å²) in [6.07, 6.45) is 1.25. The lowest BCUT2D eigenvalue weighted by atomic mass is 9.97. The Morgan fingerprint density at radius 2 is 1.95 bits per heavy atom. The number of likely N-dealkylation sites (tertiary alicyclic amines) is 1. The number of rotatable bonds is 3. The SMILES string of the molecule is NC(=O)c1cccc(C(=O)N2CCC[C@H](C(=O)O)C2)c1. The Bertz CT molecular complexity index is 556. The Kier molecular flexibility index (Phi) is 4.02. The van der Waals surface area contributed by atoms with Gasteiger partial charge in [-0.1, -0.05) is 6.07 Å². The van der Waals surface area contributed by atoms with Gasteiger partial charge in [-0.05, 0) is 31.0 Å². The number of hydrogen-bond donors (Lipinski definition) is 2. The summed E-state index contributed by atoms with van der Waals surface area (Å²) < 4.78 is 0. The Balaban J connectivity index is 2.16. The summed E-state index contributed by atoms with van der Waals surface area (Å²) in [6.45, 7) is 0.735. The number of nitrogens with two attached hydrogens (primary N) is 1. The number of aliphatic carboxylic acids is 1. The second-order valence-electron chi connectivity index (χ2n) is 4.87. The van der Waals surface area contributed by atoms with Gasteiger partial charge in [0.05, 0.1) is 5.92 Å². The fraction of sp³-hybridized carbons (Fsp3) is 0.357. The third kappa shape index (κ3) is 2.96. The zero-order valence-corrected chi connectivity index (χ0v) is 10.9. The molecule has 0 spiro atoms. The van der Waals surface area contributed by atoms with Crippen LogP contribution in [0.25, 0.3) is 0 Å². The van der Waals surface area contributed by atoms with E-state index in [4.69, 9.17) is 10.8 Å². The van der Waals surface area contributed by atoms with Crippen LogP contribution in [0.2, 0.25) is 0 Å². The number of carbonyl (C=O) groups excluding carboxylic acids is 2. The van der Waals surface area contributed by atoms with Gasteiger partial charge in [-0.3, -0.25) is 14.4 Å². The molecule has 0 bridgehead atoms. The lowest BCUT2D eigenvalue weighted by Gasteiger charge is -2.30. The van der Waals surface area contributed by atoms with Crippen molar-refractivity contribution < 1.29 is 19.5 Å². The van der Waals surface area contributed by atoms with Crippen molar-refractivity contribution in [2.24, 2.45) is 11.7 Å². The summed E-state index contributed by atoms with van der Waals surface area (Å²) in [6, 6.07) is 6.16. The zero-order chi connectivity index (χ0) is 14.7. The van der Waals surface area contributed by atoms with E-state index < -0.39 is 17.8 Å². The first-order valence-corrected chi connectivity index (χ1v) is 6.41. The van der Waals surface area contributed by atoms with E-state index in [1.807, 2.05) is 0 Å². The molecule has 0 aliphatic carbocycles. The number of hydrogen-bond acceptors (Lipinski definition) is 3. The van der Waals surface area contributed by atoms with E-state index in [-0.39, 0.29) is 18.0 Å². The van der Waals surface area contributed by atoms with Crippen molar-refractivity contribution in [1.82, 2.24) is 4.90 Å².